The molecule has 0 unspecified atom stereocenters. The van der Waals surface area contributed by atoms with E-state index in [1.165, 1.54) is 16.7 Å². The summed E-state index contributed by atoms with van der Waals surface area (Å²) in [4.78, 5) is 13.3. The lowest BCUT2D eigenvalue weighted by Gasteiger charge is -2.18. The minimum Gasteiger partial charge on any atom is -0.341 e. The molecule has 0 saturated carbocycles. The number of hydrogen-bond donors (Lipinski definition) is 1. The number of halogens is 1. The zero-order valence-corrected chi connectivity index (χ0v) is 11.5. The molecule has 0 atom stereocenters. The second-order valence-electron chi connectivity index (χ2n) is 4.22. The van der Waals surface area contributed by atoms with Crippen molar-refractivity contribution in [3.63, 3.8) is 0 Å². The molecular weight excluding hydrogens is 236 g/mol. The van der Waals surface area contributed by atoms with Crippen molar-refractivity contribution in [3.05, 3.63) is 34.9 Å². The number of nitrogens with zero attached hydrogens (tertiary/aromatic N) is 1. The number of hydrogen-bond acceptors (Lipinski definition) is 2. The lowest BCUT2D eigenvalue weighted by molar-refractivity contribution is -0.130. The summed E-state index contributed by atoms with van der Waals surface area (Å²) in [6.07, 6.45) is 0.418. The summed E-state index contributed by atoms with van der Waals surface area (Å²) in [5, 5.41) is 0. The van der Waals surface area contributed by atoms with Gasteiger partial charge in [-0.2, -0.15) is 0 Å². The topological polar surface area (TPSA) is 46.3 Å². The van der Waals surface area contributed by atoms with Crippen LogP contribution >= 0.6 is 12.4 Å². The van der Waals surface area contributed by atoms with E-state index < -0.39 is 0 Å². The van der Waals surface area contributed by atoms with E-state index in [2.05, 4.69) is 32.0 Å². The quantitative estimate of drug-likeness (QED) is 0.896. The summed E-state index contributed by atoms with van der Waals surface area (Å²) in [5.41, 5.74) is 9.01. The number of amides is 1. The Morgan fingerprint density at radius 2 is 2.00 bits per heavy atom. The molecule has 1 amide bonds. The van der Waals surface area contributed by atoms with Gasteiger partial charge >= 0.3 is 0 Å². The van der Waals surface area contributed by atoms with Crippen LogP contribution in [0.1, 0.15) is 23.1 Å². The Labute approximate surface area is 109 Å². The second-order valence-corrected chi connectivity index (χ2v) is 4.22. The van der Waals surface area contributed by atoms with Gasteiger partial charge in [0.25, 0.3) is 0 Å². The van der Waals surface area contributed by atoms with E-state index in [1.807, 2.05) is 7.05 Å². The van der Waals surface area contributed by atoms with Crippen LogP contribution in [0.15, 0.2) is 18.2 Å². The van der Waals surface area contributed by atoms with E-state index in [1.54, 1.807) is 4.90 Å². The Balaban J connectivity index is 0.00000256. The van der Waals surface area contributed by atoms with Gasteiger partial charge in [0.05, 0.1) is 0 Å². The summed E-state index contributed by atoms with van der Waals surface area (Å²) in [7, 11) is 1.82. The van der Waals surface area contributed by atoms with Gasteiger partial charge in [0.2, 0.25) is 5.91 Å². The molecule has 17 heavy (non-hydrogen) atoms. The molecule has 0 aromatic heterocycles. The fourth-order valence-electron chi connectivity index (χ4n) is 1.63. The summed E-state index contributed by atoms with van der Waals surface area (Å²) in [6, 6.07) is 6.30. The van der Waals surface area contributed by atoms with Gasteiger partial charge < -0.3 is 10.6 Å². The highest BCUT2D eigenvalue weighted by molar-refractivity contribution is 5.85. The molecule has 3 nitrogen and oxygen atoms in total. The smallest absolute Gasteiger partial charge is 0.223 e. The first-order valence-electron chi connectivity index (χ1n) is 5.54. The van der Waals surface area contributed by atoms with Crippen molar-refractivity contribution in [3.8, 4) is 0 Å². The minimum atomic E-state index is 0. The predicted octanol–water partition coefficient (Wildman–Crippen LogP) is 2.03. The van der Waals surface area contributed by atoms with Crippen LogP contribution < -0.4 is 5.73 Å². The maximum absolute atomic E-state index is 11.6. The molecule has 0 heterocycles. The molecule has 0 bridgehead atoms. The Morgan fingerprint density at radius 3 is 2.59 bits per heavy atom. The van der Waals surface area contributed by atoms with Crippen LogP contribution in [0.25, 0.3) is 0 Å². The van der Waals surface area contributed by atoms with Gasteiger partial charge in [-0.05, 0) is 25.0 Å². The molecule has 2 N–H and O–H groups in total. The molecule has 4 heteroatoms. The van der Waals surface area contributed by atoms with E-state index in [4.69, 9.17) is 5.73 Å². The summed E-state index contributed by atoms with van der Waals surface area (Å²) < 4.78 is 0. The van der Waals surface area contributed by atoms with Crippen molar-refractivity contribution in [2.75, 3.05) is 13.6 Å². The number of carbonyl (C=O) groups is 1. The van der Waals surface area contributed by atoms with Crippen LogP contribution in [0.5, 0.6) is 0 Å². The Morgan fingerprint density at radius 1 is 1.35 bits per heavy atom. The predicted molar refractivity (Wildman–Crippen MR) is 73.3 cm³/mol. The fourth-order valence-corrected chi connectivity index (χ4v) is 1.63. The molecule has 1 rings (SSSR count). The van der Waals surface area contributed by atoms with Crippen LogP contribution in [0, 0.1) is 13.8 Å². The third kappa shape index (κ3) is 4.75. The van der Waals surface area contributed by atoms with Crippen molar-refractivity contribution in [2.24, 2.45) is 5.73 Å². The summed E-state index contributed by atoms with van der Waals surface area (Å²) in [6.45, 7) is 5.20. The number of aryl methyl sites for hydroxylation is 2. The maximum atomic E-state index is 11.6. The zero-order chi connectivity index (χ0) is 12.1. The molecule has 0 aliphatic heterocycles. The highest BCUT2D eigenvalue weighted by atomic mass is 35.5. The molecule has 0 radical (unpaired) electrons. The van der Waals surface area contributed by atoms with Gasteiger partial charge in [-0.1, -0.05) is 23.8 Å². The van der Waals surface area contributed by atoms with Gasteiger partial charge in [-0.15, -0.1) is 12.4 Å². The number of rotatable bonds is 4. The molecule has 1 aromatic carbocycles. The second kappa shape index (κ2) is 7.30. The van der Waals surface area contributed by atoms with Gasteiger partial charge in [0.1, 0.15) is 0 Å². The Kier molecular flexibility index (Phi) is 6.85. The van der Waals surface area contributed by atoms with Crippen LogP contribution in [-0.2, 0) is 11.3 Å². The fraction of sp³-hybridized carbons (Fsp3) is 0.462. The average molecular weight is 257 g/mol. The lowest BCUT2D eigenvalue weighted by atomic mass is 10.1. The lowest BCUT2D eigenvalue weighted by Crippen LogP contribution is -2.28. The largest absolute Gasteiger partial charge is 0.341 e. The van der Waals surface area contributed by atoms with Crippen LogP contribution in [-0.4, -0.2) is 24.4 Å². The van der Waals surface area contributed by atoms with Gasteiger partial charge in [0, 0.05) is 26.6 Å². The third-order valence-corrected chi connectivity index (χ3v) is 2.70. The highest BCUT2D eigenvalue weighted by Gasteiger charge is 2.09. The molecule has 96 valence electrons. The first kappa shape index (κ1) is 15.9. The van der Waals surface area contributed by atoms with Crippen molar-refractivity contribution in [2.45, 2.75) is 26.8 Å². The van der Waals surface area contributed by atoms with Crippen LogP contribution in [0.3, 0.4) is 0 Å². The van der Waals surface area contributed by atoms with Crippen LogP contribution in [0.4, 0.5) is 0 Å². The maximum Gasteiger partial charge on any atom is 0.223 e. The monoisotopic (exact) mass is 256 g/mol. The molecule has 0 aliphatic rings. The Hall–Kier alpha value is -1.06. The van der Waals surface area contributed by atoms with Crippen molar-refractivity contribution in [1.29, 1.82) is 0 Å². The first-order valence-corrected chi connectivity index (χ1v) is 5.54. The van der Waals surface area contributed by atoms with Crippen LogP contribution in [0.2, 0.25) is 0 Å². The van der Waals surface area contributed by atoms with E-state index in [0.29, 0.717) is 19.5 Å². The first-order chi connectivity index (χ1) is 7.54. The molecule has 0 spiro atoms. The highest BCUT2D eigenvalue weighted by Crippen LogP contribution is 2.12. The summed E-state index contributed by atoms with van der Waals surface area (Å²) in [5.74, 6) is 0.100. The van der Waals surface area contributed by atoms with E-state index >= 15 is 0 Å². The Bertz CT molecular complexity index is 380. The van der Waals surface area contributed by atoms with E-state index in [9.17, 15) is 4.79 Å². The molecule has 0 fully saturated rings. The average Bonchev–Trinajstić information content (AvgIpc) is 2.23. The van der Waals surface area contributed by atoms with Crippen molar-refractivity contribution >= 4 is 18.3 Å². The van der Waals surface area contributed by atoms with E-state index in [0.717, 1.165) is 0 Å². The van der Waals surface area contributed by atoms with Crippen molar-refractivity contribution in [1.82, 2.24) is 4.90 Å². The van der Waals surface area contributed by atoms with Gasteiger partial charge in [-0.3, -0.25) is 4.79 Å². The van der Waals surface area contributed by atoms with Crippen molar-refractivity contribution < 1.29 is 4.79 Å². The normalized spacial score (nSPS) is 9.65. The number of carbonyl (C=O) groups excluding carboxylic acids is 1. The standard InChI is InChI=1S/C13H20N2O.ClH/c1-10-4-5-11(2)12(8-10)9-15(3)13(16)6-7-14;/h4-5,8H,6-7,9,14H2,1-3H3;1H. The number of benzene rings is 1. The SMILES string of the molecule is Cc1ccc(C)c(CN(C)C(=O)CCN)c1.Cl. The zero-order valence-electron chi connectivity index (χ0n) is 10.7. The van der Waals surface area contributed by atoms with Gasteiger partial charge in [0.15, 0.2) is 0 Å². The van der Waals surface area contributed by atoms with Gasteiger partial charge in [-0.25, -0.2) is 0 Å². The molecule has 1 aromatic rings. The minimum absolute atomic E-state index is 0. The molecular formula is C13H21ClN2O. The molecule has 0 saturated heterocycles. The summed E-state index contributed by atoms with van der Waals surface area (Å²) >= 11 is 0. The number of nitrogens with two attached hydrogens (primary N) is 1. The molecule has 0 aliphatic carbocycles. The third-order valence-electron chi connectivity index (χ3n) is 2.70. The van der Waals surface area contributed by atoms with E-state index in [-0.39, 0.29) is 18.3 Å².